The molecule has 2 rings (SSSR count). The number of benzene rings is 1. The molecule has 19 heavy (non-hydrogen) atoms. The lowest BCUT2D eigenvalue weighted by Crippen LogP contribution is -2.56. The molecule has 1 fully saturated rings. The molecule has 0 amide bonds. The lowest BCUT2D eigenvalue weighted by molar-refractivity contribution is 0.123. The first-order valence-corrected chi connectivity index (χ1v) is 6.86. The van der Waals surface area contributed by atoms with Crippen molar-refractivity contribution in [3.8, 4) is 0 Å². The fourth-order valence-corrected chi connectivity index (χ4v) is 2.71. The van der Waals surface area contributed by atoms with Gasteiger partial charge in [0.05, 0.1) is 0 Å². The third kappa shape index (κ3) is 3.12. The van der Waals surface area contributed by atoms with Crippen LogP contribution in [-0.2, 0) is 6.42 Å². The van der Waals surface area contributed by atoms with Crippen LogP contribution in [0.1, 0.15) is 32.3 Å². The molecule has 0 spiro atoms. The van der Waals surface area contributed by atoms with E-state index in [9.17, 15) is 8.78 Å². The molecule has 0 radical (unpaired) electrons. The third-order valence-corrected chi connectivity index (χ3v) is 4.28. The summed E-state index contributed by atoms with van der Waals surface area (Å²) in [5.41, 5.74) is 6.41. The lowest BCUT2D eigenvalue weighted by atomic mass is 9.88. The molecular formula is C15H22F2N2. The number of nitrogens with two attached hydrogens (primary N) is 1. The lowest BCUT2D eigenvalue weighted by Gasteiger charge is -2.40. The van der Waals surface area contributed by atoms with Crippen molar-refractivity contribution in [1.82, 2.24) is 4.90 Å². The number of likely N-dealkylation sites (tertiary alicyclic amines) is 1. The maximum Gasteiger partial charge on any atom is 0.126 e. The second kappa shape index (κ2) is 5.55. The minimum absolute atomic E-state index is 0.199. The van der Waals surface area contributed by atoms with Gasteiger partial charge in [0.15, 0.2) is 0 Å². The van der Waals surface area contributed by atoms with E-state index in [-0.39, 0.29) is 17.4 Å². The standard InChI is InChI=1S/C15H22F2N2/c1-15(2,19-7-3-4-8-19)14(18)10-11-9-12(16)5-6-13(11)17/h5-6,9,14H,3-4,7-8,10,18H2,1-2H3. The highest BCUT2D eigenvalue weighted by Crippen LogP contribution is 2.25. The second-order valence-corrected chi connectivity index (χ2v) is 5.89. The Balaban J connectivity index is 2.11. The van der Waals surface area contributed by atoms with Crippen LogP contribution in [-0.4, -0.2) is 29.6 Å². The molecule has 1 aromatic rings. The molecule has 0 aliphatic carbocycles. The van der Waals surface area contributed by atoms with E-state index in [4.69, 9.17) is 5.73 Å². The first-order valence-electron chi connectivity index (χ1n) is 6.86. The van der Waals surface area contributed by atoms with Crippen LogP contribution in [0.4, 0.5) is 8.78 Å². The first kappa shape index (κ1) is 14.4. The smallest absolute Gasteiger partial charge is 0.126 e. The number of hydrogen-bond acceptors (Lipinski definition) is 2. The van der Waals surface area contributed by atoms with Crippen molar-refractivity contribution in [3.05, 3.63) is 35.4 Å². The molecule has 1 aliphatic heterocycles. The van der Waals surface area contributed by atoms with Crippen molar-refractivity contribution in [2.45, 2.75) is 44.7 Å². The first-order chi connectivity index (χ1) is 8.91. The molecule has 106 valence electrons. The van der Waals surface area contributed by atoms with E-state index in [0.29, 0.717) is 12.0 Å². The normalized spacial score (nSPS) is 18.8. The van der Waals surface area contributed by atoms with Crippen LogP contribution >= 0.6 is 0 Å². The van der Waals surface area contributed by atoms with Gasteiger partial charge in [0.1, 0.15) is 11.6 Å². The largest absolute Gasteiger partial charge is 0.326 e. The Labute approximate surface area is 113 Å². The van der Waals surface area contributed by atoms with Gasteiger partial charge >= 0.3 is 0 Å². The summed E-state index contributed by atoms with van der Waals surface area (Å²) in [5, 5.41) is 0. The topological polar surface area (TPSA) is 29.3 Å². The molecule has 1 atom stereocenters. The molecule has 1 unspecified atom stereocenters. The van der Waals surface area contributed by atoms with Crippen molar-refractivity contribution in [2.24, 2.45) is 5.73 Å². The predicted octanol–water partition coefficient (Wildman–Crippen LogP) is 2.71. The van der Waals surface area contributed by atoms with Crippen LogP contribution in [0, 0.1) is 11.6 Å². The molecule has 0 bridgehead atoms. The van der Waals surface area contributed by atoms with Crippen molar-refractivity contribution >= 4 is 0 Å². The Kier molecular flexibility index (Phi) is 4.21. The van der Waals surface area contributed by atoms with Gasteiger partial charge in [-0.3, -0.25) is 4.90 Å². The van der Waals surface area contributed by atoms with Crippen LogP contribution in [0.2, 0.25) is 0 Å². The highest BCUT2D eigenvalue weighted by Gasteiger charge is 2.34. The van der Waals surface area contributed by atoms with E-state index in [1.54, 1.807) is 0 Å². The third-order valence-electron chi connectivity index (χ3n) is 4.28. The average molecular weight is 268 g/mol. The SMILES string of the molecule is CC(C)(C(N)Cc1cc(F)ccc1F)N1CCCC1. The molecule has 2 nitrogen and oxygen atoms in total. The summed E-state index contributed by atoms with van der Waals surface area (Å²) in [4.78, 5) is 2.34. The molecule has 1 aromatic carbocycles. The van der Waals surface area contributed by atoms with E-state index in [1.807, 2.05) is 0 Å². The summed E-state index contributed by atoms with van der Waals surface area (Å²) < 4.78 is 26.8. The Morgan fingerprint density at radius 2 is 1.89 bits per heavy atom. The fraction of sp³-hybridized carbons (Fsp3) is 0.600. The van der Waals surface area contributed by atoms with Crippen LogP contribution in [0.5, 0.6) is 0 Å². The molecule has 1 saturated heterocycles. The van der Waals surface area contributed by atoms with Crippen LogP contribution in [0.3, 0.4) is 0 Å². The minimum atomic E-state index is -0.414. The highest BCUT2D eigenvalue weighted by molar-refractivity contribution is 5.20. The van der Waals surface area contributed by atoms with Crippen LogP contribution < -0.4 is 5.73 Å². The average Bonchev–Trinajstić information content (AvgIpc) is 2.88. The number of rotatable bonds is 4. The van der Waals surface area contributed by atoms with Gasteiger partial charge in [-0.1, -0.05) is 0 Å². The summed E-state index contributed by atoms with van der Waals surface area (Å²) in [7, 11) is 0. The zero-order chi connectivity index (χ0) is 14.0. The maximum absolute atomic E-state index is 13.7. The van der Waals surface area contributed by atoms with Gasteiger partial charge in [0.25, 0.3) is 0 Å². The van der Waals surface area contributed by atoms with Crippen molar-refractivity contribution in [1.29, 1.82) is 0 Å². The summed E-state index contributed by atoms with van der Waals surface area (Å²) in [6.07, 6.45) is 2.72. The minimum Gasteiger partial charge on any atom is -0.326 e. The van der Waals surface area contributed by atoms with Gasteiger partial charge in [0.2, 0.25) is 0 Å². The molecule has 1 aliphatic rings. The molecular weight excluding hydrogens is 246 g/mol. The van der Waals surface area contributed by atoms with Gasteiger partial charge in [-0.05, 0) is 70.0 Å². The summed E-state index contributed by atoms with van der Waals surface area (Å²) in [6.45, 7) is 6.24. The monoisotopic (exact) mass is 268 g/mol. The molecule has 2 N–H and O–H groups in total. The summed E-state index contributed by atoms with van der Waals surface area (Å²) >= 11 is 0. The maximum atomic E-state index is 13.7. The summed E-state index contributed by atoms with van der Waals surface area (Å²) in [6, 6.07) is 3.33. The van der Waals surface area contributed by atoms with E-state index in [2.05, 4.69) is 18.7 Å². The zero-order valence-electron chi connectivity index (χ0n) is 11.6. The molecule has 0 saturated carbocycles. The van der Waals surface area contributed by atoms with E-state index in [0.717, 1.165) is 19.2 Å². The van der Waals surface area contributed by atoms with Gasteiger partial charge in [0, 0.05) is 11.6 Å². The van der Waals surface area contributed by atoms with Gasteiger partial charge in [-0.25, -0.2) is 8.78 Å². The zero-order valence-corrected chi connectivity index (χ0v) is 11.6. The number of halogens is 2. The molecule has 0 aromatic heterocycles. The van der Waals surface area contributed by atoms with Crippen LogP contribution in [0.15, 0.2) is 18.2 Å². The highest BCUT2D eigenvalue weighted by atomic mass is 19.1. The summed E-state index contributed by atoms with van der Waals surface area (Å²) in [5.74, 6) is -0.795. The van der Waals surface area contributed by atoms with Gasteiger partial charge in [-0.15, -0.1) is 0 Å². The Hall–Kier alpha value is -1.00. The van der Waals surface area contributed by atoms with Gasteiger partial charge < -0.3 is 5.73 Å². The molecule has 1 heterocycles. The Morgan fingerprint density at radius 3 is 2.53 bits per heavy atom. The van der Waals surface area contributed by atoms with Crippen molar-refractivity contribution < 1.29 is 8.78 Å². The Morgan fingerprint density at radius 1 is 1.26 bits per heavy atom. The molecule has 4 heteroatoms. The van der Waals surface area contributed by atoms with E-state index in [1.165, 1.54) is 25.0 Å². The number of hydrogen-bond donors (Lipinski definition) is 1. The van der Waals surface area contributed by atoms with Gasteiger partial charge in [-0.2, -0.15) is 0 Å². The Bertz CT molecular complexity index is 440. The van der Waals surface area contributed by atoms with Crippen molar-refractivity contribution in [2.75, 3.05) is 13.1 Å². The fourth-order valence-electron chi connectivity index (χ4n) is 2.71. The predicted molar refractivity (Wildman–Crippen MR) is 72.9 cm³/mol. The van der Waals surface area contributed by atoms with Crippen LogP contribution in [0.25, 0.3) is 0 Å². The quantitative estimate of drug-likeness (QED) is 0.909. The van der Waals surface area contributed by atoms with E-state index >= 15 is 0 Å². The van der Waals surface area contributed by atoms with Crippen molar-refractivity contribution in [3.63, 3.8) is 0 Å². The number of nitrogens with zero attached hydrogens (tertiary/aromatic N) is 1. The second-order valence-electron chi connectivity index (χ2n) is 5.89. The van der Waals surface area contributed by atoms with E-state index < -0.39 is 5.82 Å².